The van der Waals surface area contributed by atoms with Crippen molar-refractivity contribution in [2.24, 2.45) is 23.7 Å². The monoisotopic (exact) mass is 379 g/mol. The Labute approximate surface area is 131 Å². The number of likely N-dealkylation sites (tertiary alicyclic amines) is 1. The first-order chi connectivity index (χ1) is 9.65. The Balaban J connectivity index is 1.60. The van der Waals surface area contributed by atoms with E-state index in [2.05, 4.69) is 34.7 Å². The Kier molecular flexibility index (Phi) is 2.77. The zero-order valence-corrected chi connectivity index (χ0v) is 13.0. The number of benzene rings is 1. The summed E-state index contributed by atoms with van der Waals surface area (Å²) in [5.74, 6) is 0.500. The van der Waals surface area contributed by atoms with Crippen LogP contribution in [0.2, 0.25) is 0 Å². The summed E-state index contributed by atoms with van der Waals surface area (Å²) in [7, 11) is 0. The third kappa shape index (κ3) is 1.70. The molecular formula is C16H14INO2. The Bertz CT molecular complexity index is 592. The minimum absolute atomic E-state index is 0.0374. The average molecular weight is 379 g/mol. The van der Waals surface area contributed by atoms with Gasteiger partial charge in [0, 0.05) is 3.57 Å². The Hall–Kier alpha value is -1.17. The summed E-state index contributed by atoms with van der Waals surface area (Å²) in [5.41, 5.74) is 1.02. The van der Waals surface area contributed by atoms with Gasteiger partial charge in [-0.15, -0.1) is 0 Å². The molecule has 1 aromatic carbocycles. The highest BCUT2D eigenvalue weighted by molar-refractivity contribution is 14.1. The molecule has 3 aliphatic rings. The molecule has 4 heteroatoms. The number of carbonyl (C=O) groups excluding carboxylic acids is 2. The van der Waals surface area contributed by atoms with Gasteiger partial charge in [0.25, 0.3) is 0 Å². The minimum atomic E-state index is -0.0821. The van der Waals surface area contributed by atoms with E-state index in [1.54, 1.807) is 0 Å². The first-order valence-electron chi connectivity index (χ1n) is 6.93. The van der Waals surface area contributed by atoms with E-state index in [-0.39, 0.29) is 23.7 Å². The molecule has 0 aromatic heterocycles. The van der Waals surface area contributed by atoms with Crippen LogP contribution in [0.4, 0.5) is 0 Å². The number of imide groups is 1. The van der Waals surface area contributed by atoms with Crippen molar-refractivity contribution in [3.8, 4) is 0 Å². The largest absolute Gasteiger partial charge is 0.278 e. The van der Waals surface area contributed by atoms with Crippen molar-refractivity contribution >= 4 is 34.4 Å². The van der Waals surface area contributed by atoms with Crippen molar-refractivity contribution < 1.29 is 9.59 Å². The van der Waals surface area contributed by atoms with Gasteiger partial charge in [-0.1, -0.05) is 24.3 Å². The SMILES string of the molecule is O=C1[C@H]2[C@H](C(=O)N1Cc1ccc(I)cc1)[C@H]1C=C[C@H]2C1. The fourth-order valence-electron chi connectivity index (χ4n) is 3.89. The molecule has 4 atom stereocenters. The van der Waals surface area contributed by atoms with Crippen molar-refractivity contribution in [3.63, 3.8) is 0 Å². The molecule has 1 aromatic rings. The quantitative estimate of drug-likeness (QED) is 0.450. The topological polar surface area (TPSA) is 37.4 Å². The number of halogens is 1. The molecular weight excluding hydrogens is 365 g/mol. The smallest absolute Gasteiger partial charge is 0.234 e. The second-order valence-electron chi connectivity index (χ2n) is 5.89. The first kappa shape index (κ1) is 12.6. The lowest BCUT2D eigenvalue weighted by molar-refractivity contribution is -0.141. The Morgan fingerprint density at radius 3 is 2.10 bits per heavy atom. The van der Waals surface area contributed by atoms with Gasteiger partial charge in [-0.05, 0) is 58.5 Å². The molecule has 2 bridgehead atoms. The van der Waals surface area contributed by atoms with E-state index in [1.807, 2.05) is 24.3 Å². The van der Waals surface area contributed by atoms with Crippen molar-refractivity contribution in [1.29, 1.82) is 0 Å². The van der Waals surface area contributed by atoms with Crippen LogP contribution in [0, 0.1) is 27.2 Å². The molecule has 0 N–H and O–H groups in total. The van der Waals surface area contributed by atoms with E-state index in [1.165, 1.54) is 4.90 Å². The van der Waals surface area contributed by atoms with Gasteiger partial charge in [0.1, 0.15) is 0 Å². The highest BCUT2D eigenvalue weighted by atomic mass is 127. The number of amides is 2. The van der Waals surface area contributed by atoms with E-state index in [4.69, 9.17) is 0 Å². The number of fused-ring (bicyclic) bond motifs is 5. The van der Waals surface area contributed by atoms with Gasteiger partial charge in [-0.25, -0.2) is 0 Å². The summed E-state index contributed by atoms with van der Waals surface area (Å²) in [5, 5.41) is 0. The number of nitrogens with zero attached hydrogens (tertiary/aromatic N) is 1. The van der Waals surface area contributed by atoms with Gasteiger partial charge in [0.05, 0.1) is 18.4 Å². The van der Waals surface area contributed by atoms with E-state index in [9.17, 15) is 9.59 Å². The molecule has 1 saturated carbocycles. The van der Waals surface area contributed by atoms with Crippen LogP contribution in [-0.4, -0.2) is 16.7 Å². The third-order valence-electron chi connectivity index (χ3n) is 4.82. The second kappa shape index (κ2) is 4.41. The number of allylic oxidation sites excluding steroid dienone is 2. The highest BCUT2D eigenvalue weighted by Crippen LogP contribution is 2.52. The zero-order valence-electron chi connectivity index (χ0n) is 10.8. The Morgan fingerprint density at radius 2 is 1.55 bits per heavy atom. The van der Waals surface area contributed by atoms with Crippen LogP contribution in [0.3, 0.4) is 0 Å². The highest BCUT2D eigenvalue weighted by Gasteiger charge is 2.59. The lowest BCUT2D eigenvalue weighted by Crippen LogP contribution is -2.32. The van der Waals surface area contributed by atoms with Crippen molar-refractivity contribution in [3.05, 3.63) is 45.6 Å². The van der Waals surface area contributed by atoms with E-state index in [0.717, 1.165) is 15.6 Å². The van der Waals surface area contributed by atoms with Crippen LogP contribution in [-0.2, 0) is 16.1 Å². The number of hydrogen-bond donors (Lipinski definition) is 0. The fraction of sp³-hybridized carbons (Fsp3) is 0.375. The van der Waals surface area contributed by atoms with Crippen LogP contribution in [0.15, 0.2) is 36.4 Å². The summed E-state index contributed by atoms with van der Waals surface area (Å²) >= 11 is 2.25. The molecule has 102 valence electrons. The summed E-state index contributed by atoms with van der Waals surface area (Å²) in [4.78, 5) is 26.5. The molecule has 0 unspecified atom stereocenters. The predicted octanol–water partition coefficient (Wildman–Crippen LogP) is 2.60. The number of carbonyl (C=O) groups is 2. The molecule has 2 aliphatic carbocycles. The lowest BCUT2D eigenvalue weighted by Gasteiger charge is -2.17. The minimum Gasteiger partial charge on any atom is -0.278 e. The molecule has 2 fully saturated rings. The van der Waals surface area contributed by atoms with E-state index < -0.39 is 0 Å². The van der Waals surface area contributed by atoms with E-state index >= 15 is 0 Å². The van der Waals surface area contributed by atoms with Crippen molar-refractivity contribution in [2.75, 3.05) is 0 Å². The average Bonchev–Trinajstić information content (AvgIpc) is 3.11. The van der Waals surface area contributed by atoms with Crippen LogP contribution in [0.5, 0.6) is 0 Å². The van der Waals surface area contributed by atoms with Gasteiger partial charge in [-0.2, -0.15) is 0 Å². The van der Waals surface area contributed by atoms with Crippen LogP contribution in [0.25, 0.3) is 0 Å². The standard InChI is InChI=1S/C16H14INO2/c17-12-5-1-9(2-6-12)8-18-15(19)13-10-3-4-11(7-10)14(13)16(18)20/h1-6,10-11,13-14H,7-8H2/t10-,11-,13+,14+/m0/s1. The fourth-order valence-corrected chi connectivity index (χ4v) is 4.25. The van der Waals surface area contributed by atoms with Crippen LogP contribution in [0.1, 0.15) is 12.0 Å². The molecule has 4 rings (SSSR count). The maximum absolute atomic E-state index is 12.5. The maximum atomic E-state index is 12.5. The molecule has 0 radical (unpaired) electrons. The molecule has 2 amide bonds. The molecule has 1 aliphatic heterocycles. The van der Waals surface area contributed by atoms with E-state index in [0.29, 0.717) is 18.4 Å². The maximum Gasteiger partial charge on any atom is 0.234 e. The second-order valence-corrected chi connectivity index (χ2v) is 7.13. The number of hydrogen-bond acceptors (Lipinski definition) is 2. The molecule has 1 heterocycles. The summed E-state index contributed by atoms with van der Waals surface area (Å²) in [6.07, 6.45) is 5.25. The third-order valence-corrected chi connectivity index (χ3v) is 5.53. The molecule has 3 nitrogen and oxygen atoms in total. The summed E-state index contributed by atoms with van der Waals surface area (Å²) < 4.78 is 1.16. The van der Waals surface area contributed by atoms with Gasteiger partial charge in [-0.3, -0.25) is 14.5 Å². The summed E-state index contributed by atoms with van der Waals surface area (Å²) in [6, 6.07) is 7.99. The summed E-state index contributed by atoms with van der Waals surface area (Å²) in [6.45, 7) is 0.418. The van der Waals surface area contributed by atoms with Gasteiger partial charge in [0.2, 0.25) is 11.8 Å². The van der Waals surface area contributed by atoms with Gasteiger partial charge >= 0.3 is 0 Å². The lowest BCUT2D eigenvalue weighted by atomic mass is 9.85. The predicted molar refractivity (Wildman–Crippen MR) is 82.4 cm³/mol. The van der Waals surface area contributed by atoms with Gasteiger partial charge < -0.3 is 0 Å². The van der Waals surface area contributed by atoms with Gasteiger partial charge in [0.15, 0.2) is 0 Å². The molecule has 1 saturated heterocycles. The Morgan fingerprint density at radius 1 is 1.00 bits per heavy atom. The van der Waals surface area contributed by atoms with Crippen molar-refractivity contribution in [2.45, 2.75) is 13.0 Å². The van der Waals surface area contributed by atoms with Crippen LogP contribution < -0.4 is 0 Å². The first-order valence-corrected chi connectivity index (χ1v) is 8.01. The van der Waals surface area contributed by atoms with Crippen molar-refractivity contribution in [1.82, 2.24) is 4.90 Å². The molecule has 0 spiro atoms. The normalized spacial score (nSPS) is 34.1. The zero-order chi connectivity index (χ0) is 13.9. The molecule has 20 heavy (non-hydrogen) atoms. The van der Waals surface area contributed by atoms with Crippen LogP contribution >= 0.6 is 22.6 Å². The number of rotatable bonds is 2.